The zero-order valence-corrected chi connectivity index (χ0v) is 32.3. The van der Waals surface area contributed by atoms with E-state index in [0.717, 1.165) is 63.8 Å². The molecule has 0 aliphatic carbocycles. The number of hydrogen-bond acceptors (Lipinski definition) is 8. The number of aromatic hydroxyl groups is 1. The van der Waals surface area contributed by atoms with Crippen LogP contribution in [-0.2, 0) is 5.60 Å². The predicted octanol–water partition coefficient (Wildman–Crippen LogP) is 12.3. The first-order chi connectivity index (χ1) is 25.6. The quantitative estimate of drug-likeness (QED) is 0.111. The van der Waals surface area contributed by atoms with Gasteiger partial charge in [0.15, 0.2) is 0 Å². The van der Waals surface area contributed by atoms with Crippen molar-refractivity contribution in [2.75, 3.05) is 13.2 Å². The first-order valence-electron chi connectivity index (χ1n) is 15.9. The lowest BCUT2D eigenvalue weighted by Crippen LogP contribution is -2.53. The Kier molecular flexibility index (Phi) is 11.9. The van der Waals surface area contributed by atoms with Crippen molar-refractivity contribution in [3.8, 4) is 39.8 Å². The van der Waals surface area contributed by atoms with Gasteiger partial charge >= 0.3 is 12.4 Å². The normalized spacial score (nSPS) is 12.1. The van der Waals surface area contributed by atoms with Gasteiger partial charge in [0.2, 0.25) is 0 Å². The van der Waals surface area contributed by atoms with E-state index in [1.807, 2.05) is 72.8 Å². The van der Waals surface area contributed by atoms with E-state index in [9.17, 15) is 36.6 Å². The van der Waals surface area contributed by atoms with E-state index in [2.05, 4.69) is 40.6 Å². The van der Waals surface area contributed by atoms with Crippen LogP contribution in [0.25, 0.3) is 42.7 Å². The highest BCUT2D eigenvalue weighted by molar-refractivity contribution is 9.10. The Morgan fingerprint density at radius 1 is 0.574 bits per heavy atom. The van der Waals surface area contributed by atoms with E-state index in [1.54, 1.807) is 12.1 Å². The minimum Gasteiger partial charge on any atom is -0.508 e. The molecule has 0 unspecified atom stereocenters. The molecule has 0 saturated heterocycles. The van der Waals surface area contributed by atoms with Crippen molar-refractivity contribution in [1.82, 2.24) is 8.75 Å². The van der Waals surface area contributed by atoms with Gasteiger partial charge < -0.3 is 19.7 Å². The number of benzene rings is 5. The molecular weight excluding hydrogens is 886 g/mol. The maximum absolute atomic E-state index is 13.0. The summed E-state index contributed by atoms with van der Waals surface area (Å²) < 4.78 is 102. The maximum Gasteiger partial charge on any atom is 0.430 e. The molecule has 6 nitrogen and oxygen atoms in total. The van der Waals surface area contributed by atoms with Crippen molar-refractivity contribution in [3.63, 3.8) is 0 Å². The molecule has 7 aromatic rings. The topological polar surface area (TPSA) is 84.7 Å². The SMILES string of the molecule is OC(c1ccc(OCCCOc2ccc3c(-c4ccc(Br)cc4)nsc3c2)cc1)(C(F)(F)F)C(F)(F)F.Oc1ccc2c(-c3ccc(Br)cc3)nsc2c1. The highest BCUT2D eigenvalue weighted by Crippen LogP contribution is 2.50. The molecule has 0 radical (unpaired) electrons. The van der Waals surface area contributed by atoms with E-state index in [1.165, 1.54) is 23.1 Å². The van der Waals surface area contributed by atoms with E-state index < -0.39 is 23.5 Å². The minimum absolute atomic E-state index is 0.0574. The molecule has 0 spiro atoms. The molecule has 0 fully saturated rings. The smallest absolute Gasteiger partial charge is 0.430 e. The second kappa shape index (κ2) is 16.3. The Balaban J connectivity index is 0.000000242. The number of aromatic nitrogens is 2. The van der Waals surface area contributed by atoms with Crippen molar-refractivity contribution in [1.29, 1.82) is 0 Å². The van der Waals surface area contributed by atoms with E-state index in [0.29, 0.717) is 24.3 Å². The Bertz CT molecular complexity index is 2330. The van der Waals surface area contributed by atoms with Crippen LogP contribution >= 0.6 is 54.9 Å². The van der Waals surface area contributed by atoms with Gasteiger partial charge in [-0.2, -0.15) is 35.1 Å². The Morgan fingerprint density at radius 2 is 1.02 bits per heavy atom. The number of halogens is 8. The van der Waals surface area contributed by atoms with Gasteiger partial charge in [-0.15, -0.1) is 0 Å². The van der Waals surface area contributed by atoms with Gasteiger partial charge in [-0.05, 0) is 95.9 Å². The Labute approximate surface area is 329 Å². The van der Waals surface area contributed by atoms with Crippen LogP contribution in [0.1, 0.15) is 12.0 Å². The molecule has 2 aromatic heterocycles. The lowest BCUT2D eigenvalue weighted by molar-refractivity contribution is -0.376. The number of nitrogens with zero attached hydrogens (tertiary/aromatic N) is 2. The third kappa shape index (κ3) is 8.68. The highest BCUT2D eigenvalue weighted by Gasteiger charge is 2.71. The van der Waals surface area contributed by atoms with Gasteiger partial charge in [0.1, 0.15) is 17.2 Å². The second-order valence-corrected chi connectivity index (χ2v) is 15.1. The number of hydrogen-bond donors (Lipinski definition) is 2. The lowest BCUT2D eigenvalue weighted by Gasteiger charge is -2.32. The molecule has 280 valence electrons. The number of aliphatic hydroxyl groups is 1. The Morgan fingerprint density at radius 3 is 1.52 bits per heavy atom. The van der Waals surface area contributed by atoms with Crippen LogP contribution < -0.4 is 9.47 Å². The van der Waals surface area contributed by atoms with E-state index >= 15 is 0 Å². The van der Waals surface area contributed by atoms with Crippen LogP contribution in [0, 0.1) is 0 Å². The van der Waals surface area contributed by atoms with Crippen molar-refractivity contribution < 1.29 is 46.0 Å². The molecule has 0 aliphatic heterocycles. The summed E-state index contributed by atoms with van der Waals surface area (Å²) in [5.41, 5.74) is -2.38. The average molecular weight is 913 g/mol. The summed E-state index contributed by atoms with van der Waals surface area (Å²) in [6, 6.07) is 29.8. The molecule has 0 aliphatic rings. The zero-order valence-electron chi connectivity index (χ0n) is 27.5. The number of alkyl halides is 6. The van der Waals surface area contributed by atoms with Crippen molar-refractivity contribution in [2.24, 2.45) is 0 Å². The number of ether oxygens (including phenoxy) is 2. The third-order valence-electron chi connectivity index (χ3n) is 8.05. The summed E-state index contributed by atoms with van der Waals surface area (Å²) in [5, 5.41) is 20.9. The molecule has 0 amide bonds. The molecule has 2 N–H and O–H groups in total. The maximum atomic E-state index is 13.0. The monoisotopic (exact) mass is 910 g/mol. The van der Waals surface area contributed by atoms with Gasteiger partial charge in [-0.1, -0.05) is 68.3 Å². The Hall–Kier alpha value is -4.22. The van der Waals surface area contributed by atoms with Gasteiger partial charge in [-0.25, -0.2) is 0 Å². The van der Waals surface area contributed by atoms with Crippen LogP contribution in [0.5, 0.6) is 17.2 Å². The summed E-state index contributed by atoms with van der Waals surface area (Å²) in [4.78, 5) is 0. The lowest BCUT2D eigenvalue weighted by atomic mass is 9.92. The molecule has 54 heavy (non-hydrogen) atoms. The first-order valence-corrected chi connectivity index (χ1v) is 19.0. The van der Waals surface area contributed by atoms with E-state index in [-0.39, 0.29) is 24.7 Å². The third-order valence-corrected chi connectivity index (χ3v) is 10.7. The number of fused-ring (bicyclic) bond motifs is 2. The van der Waals surface area contributed by atoms with E-state index in [4.69, 9.17) is 9.47 Å². The summed E-state index contributed by atoms with van der Waals surface area (Å²) in [6.45, 7) is 0.378. The van der Waals surface area contributed by atoms with Crippen LogP contribution in [0.15, 0.2) is 118 Å². The van der Waals surface area contributed by atoms with Crippen LogP contribution in [0.2, 0.25) is 0 Å². The summed E-state index contributed by atoms with van der Waals surface area (Å²) >= 11 is 9.58. The average Bonchev–Trinajstić information content (AvgIpc) is 3.75. The molecule has 0 bridgehead atoms. The van der Waals surface area contributed by atoms with Crippen LogP contribution in [0.3, 0.4) is 0 Å². The number of rotatable bonds is 9. The fourth-order valence-corrected chi connectivity index (χ4v) is 7.47. The number of phenols is 1. The van der Waals surface area contributed by atoms with Gasteiger partial charge in [-0.3, -0.25) is 0 Å². The highest BCUT2D eigenvalue weighted by atomic mass is 79.9. The summed E-state index contributed by atoms with van der Waals surface area (Å²) in [6.07, 6.45) is -11.5. The first kappa shape index (κ1) is 39.5. The van der Waals surface area contributed by atoms with Crippen molar-refractivity contribution >= 4 is 75.1 Å². The van der Waals surface area contributed by atoms with Crippen molar-refractivity contribution in [2.45, 2.75) is 24.4 Å². The molecule has 2 heterocycles. The summed E-state index contributed by atoms with van der Waals surface area (Å²) in [5.74, 6) is 0.965. The standard InChI is InChI=1S/C25H18BrF6NO3S.C13H8BrNOS/c26-17-6-2-15(3-7-17)22-20-11-10-19(14-21(20)37-33-22)36-13-1-12-35-18-8-4-16(5-9-18)23(34,24(27,28)29)25(30,31)32;14-9-3-1-8(2-4-9)13-11-6-5-10(16)7-12(11)17-15-13/h2-11,14,34H,1,12-13H2;1-7,16H. The number of phenolic OH excluding ortho intramolecular Hbond substituents is 1. The zero-order chi connectivity index (χ0) is 38.7. The summed E-state index contributed by atoms with van der Waals surface area (Å²) in [7, 11) is 0. The second-order valence-electron chi connectivity index (χ2n) is 11.7. The van der Waals surface area contributed by atoms with Crippen LogP contribution in [0.4, 0.5) is 26.3 Å². The van der Waals surface area contributed by atoms with Gasteiger partial charge in [0, 0.05) is 42.8 Å². The fourth-order valence-electron chi connectivity index (χ4n) is 5.29. The van der Waals surface area contributed by atoms with Crippen molar-refractivity contribution in [3.05, 3.63) is 124 Å². The predicted molar refractivity (Wildman–Crippen MR) is 205 cm³/mol. The van der Waals surface area contributed by atoms with Crippen LogP contribution in [-0.4, -0.2) is 44.5 Å². The molecule has 0 saturated carbocycles. The fraction of sp³-hybridized carbons (Fsp3) is 0.158. The molecular formula is C38H26Br2F6N2O4S2. The molecule has 5 aromatic carbocycles. The molecule has 7 rings (SSSR count). The minimum atomic E-state index is -5.94. The van der Waals surface area contributed by atoms with Gasteiger partial charge in [0.25, 0.3) is 5.60 Å². The van der Waals surface area contributed by atoms with Gasteiger partial charge in [0.05, 0.1) is 34.0 Å². The largest absolute Gasteiger partial charge is 0.508 e. The molecule has 0 atom stereocenters. The molecule has 16 heteroatoms.